The van der Waals surface area contributed by atoms with Crippen LogP contribution in [0, 0.1) is 6.92 Å². The van der Waals surface area contributed by atoms with E-state index in [4.69, 9.17) is 10.5 Å². The van der Waals surface area contributed by atoms with Gasteiger partial charge in [-0.2, -0.15) is 10.2 Å². The van der Waals surface area contributed by atoms with Crippen molar-refractivity contribution in [2.24, 2.45) is 0 Å². The normalized spacial score (nSPS) is 11.0. The molecule has 0 radical (unpaired) electrons. The van der Waals surface area contributed by atoms with Crippen molar-refractivity contribution in [1.29, 1.82) is 0 Å². The van der Waals surface area contributed by atoms with Crippen LogP contribution in [0.5, 0.6) is 0 Å². The Balaban J connectivity index is 1.99. The Kier molecular flexibility index (Phi) is 3.57. The molecule has 0 aliphatic carbocycles. The number of anilines is 1. The van der Waals surface area contributed by atoms with Crippen molar-refractivity contribution < 1.29 is 9.53 Å². The van der Waals surface area contributed by atoms with Crippen molar-refractivity contribution in [3.05, 3.63) is 48.3 Å². The van der Waals surface area contributed by atoms with Crippen LogP contribution in [0.2, 0.25) is 0 Å². The van der Waals surface area contributed by atoms with Crippen LogP contribution >= 0.6 is 0 Å². The largest absolute Gasteiger partial charge is 0.464 e. The van der Waals surface area contributed by atoms with Crippen molar-refractivity contribution in [3.63, 3.8) is 0 Å². The number of rotatable bonds is 3. The predicted octanol–water partition coefficient (Wildman–Crippen LogP) is 1.05. The number of nitrogens with zero attached hydrogens (tertiary/aromatic N) is 7. The van der Waals surface area contributed by atoms with E-state index < -0.39 is 5.97 Å². The number of aryl methyl sites for hydroxylation is 1. The number of hydrogen-bond donors (Lipinski definition) is 1. The fourth-order valence-electron chi connectivity index (χ4n) is 2.59. The quantitative estimate of drug-likeness (QED) is 0.543. The van der Waals surface area contributed by atoms with E-state index in [1.807, 2.05) is 29.7 Å². The van der Waals surface area contributed by atoms with Crippen LogP contribution in [0.1, 0.15) is 16.2 Å². The van der Waals surface area contributed by atoms with Crippen molar-refractivity contribution in [2.45, 2.75) is 6.92 Å². The molecule has 0 unspecified atom stereocenters. The number of methoxy groups -OCH3 is 1. The first-order valence-electron chi connectivity index (χ1n) is 7.65. The maximum Gasteiger partial charge on any atom is 0.360 e. The van der Waals surface area contributed by atoms with E-state index in [0.717, 1.165) is 11.3 Å². The maximum atomic E-state index is 12.0. The van der Waals surface area contributed by atoms with Gasteiger partial charge in [0, 0.05) is 23.7 Å². The first kappa shape index (κ1) is 15.7. The third kappa shape index (κ3) is 2.44. The molecule has 4 aromatic rings. The molecular weight excluding hydrogens is 336 g/mol. The van der Waals surface area contributed by atoms with E-state index in [-0.39, 0.29) is 11.5 Å². The van der Waals surface area contributed by atoms with E-state index in [2.05, 4.69) is 25.1 Å². The number of pyridine rings is 1. The second-order valence-corrected chi connectivity index (χ2v) is 5.49. The number of imidazole rings is 1. The molecule has 0 aliphatic rings. The number of ether oxygens (including phenoxy) is 1. The molecule has 10 nitrogen and oxygen atoms in total. The predicted molar refractivity (Wildman–Crippen MR) is 91.6 cm³/mol. The summed E-state index contributed by atoms with van der Waals surface area (Å²) in [4.78, 5) is 26.3. The number of esters is 1. The lowest BCUT2D eigenvalue weighted by molar-refractivity contribution is 0.0595. The van der Waals surface area contributed by atoms with E-state index in [1.165, 1.54) is 24.3 Å². The molecule has 0 bridgehead atoms. The molecule has 4 heterocycles. The number of nitrogen functional groups attached to an aromatic ring is 1. The number of carbonyl (C=O) groups excluding carboxylic acids is 1. The summed E-state index contributed by atoms with van der Waals surface area (Å²) in [5.41, 5.74) is 8.66. The molecule has 0 fully saturated rings. The van der Waals surface area contributed by atoms with Gasteiger partial charge in [-0.15, -0.1) is 4.80 Å². The first-order chi connectivity index (χ1) is 12.6. The third-order valence-electron chi connectivity index (χ3n) is 3.86. The summed E-state index contributed by atoms with van der Waals surface area (Å²) in [6.07, 6.45) is 6.65. The first-order valence-corrected chi connectivity index (χ1v) is 7.65. The average molecular weight is 350 g/mol. The van der Waals surface area contributed by atoms with Crippen molar-refractivity contribution in [2.75, 3.05) is 12.8 Å². The molecule has 130 valence electrons. The Morgan fingerprint density at radius 1 is 1.19 bits per heavy atom. The lowest BCUT2D eigenvalue weighted by atomic mass is 10.2. The highest BCUT2D eigenvalue weighted by molar-refractivity contribution is 5.93. The maximum absolute atomic E-state index is 12.0. The summed E-state index contributed by atoms with van der Waals surface area (Å²) in [6, 6.07) is 3.68. The van der Waals surface area contributed by atoms with Crippen LogP contribution in [-0.4, -0.2) is 47.4 Å². The van der Waals surface area contributed by atoms with Crippen molar-refractivity contribution >= 4 is 17.4 Å². The number of aromatic nitrogens is 7. The molecule has 0 aromatic carbocycles. The van der Waals surface area contributed by atoms with Gasteiger partial charge in [0.25, 0.3) is 0 Å². The van der Waals surface area contributed by atoms with Crippen LogP contribution in [-0.2, 0) is 4.74 Å². The number of carbonyl (C=O) groups is 1. The Morgan fingerprint density at radius 3 is 2.69 bits per heavy atom. The molecule has 4 rings (SSSR count). The Hall–Kier alpha value is -3.82. The van der Waals surface area contributed by atoms with Gasteiger partial charge in [-0.3, -0.25) is 0 Å². The summed E-state index contributed by atoms with van der Waals surface area (Å²) < 4.78 is 6.65. The lowest BCUT2D eigenvalue weighted by Gasteiger charge is -2.11. The van der Waals surface area contributed by atoms with Gasteiger partial charge >= 0.3 is 5.97 Å². The van der Waals surface area contributed by atoms with Crippen molar-refractivity contribution in [3.8, 4) is 17.1 Å². The van der Waals surface area contributed by atoms with Crippen LogP contribution in [0.3, 0.4) is 0 Å². The van der Waals surface area contributed by atoms with E-state index >= 15 is 0 Å². The van der Waals surface area contributed by atoms with Gasteiger partial charge in [0.1, 0.15) is 11.3 Å². The highest BCUT2D eigenvalue weighted by Gasteiger charge is 2.21. The second-order valence-electron chi connectivity index (χ2n) is 5.49. The highest BCUT2D eigenvalue weighted by atomic mass is 16.5. The Morgan fingerprint density at radius 2 is 1.96 bits per heavy atom. The lowest BCUT2D eigenvalue weighted by Crippen LogP contribution is -2.15. The molecule has 0 amide bonds. The SMILES string of the molecule is COC(=O)c1nc(-c2ccc3ncc(C)n3c2)c(-n2nccn2)nc1N. The van der Waals surface area contributed by atoms with E-state index in [9.17, 15) is 4.79 Å². The second kappa shape index (κ2) is 5.92. The van der Waals surface area contributed by atoms with Gasteiger partial charge in [0.05, 0.1) is 19.5 Å². The molecule has 26 heavy (non-hydrogen) atoms. The summed E-state index contributed by atoms with van der Waals surface area (Å²) in [5, 5.41) is 8.18. The van der Waals surface area contributed by atoms with E-state index in [0.29, 0.717) is 17.1 Å². The smallest absolute Gasteiger partial charge is 0.360 e. The number of fused-ring (bicyclic) bond motifs is 1. The van der Waals surface area contributed by atoms with Crippen molar-refractivity contribution in [1.82, 2.24) is 34.3 Å². The topological polar surface area (TPSA) is 126 Å². The fourth-order valence-corrected chi connectivity index (χ4v) is 2.59. The summed E-state index contributed by atoms with van der Waals surface area (Å²) in [6.45, 7) is 1.94. The molecule has 0 spiro atoms. The zero-order valence-corrected chi connectivity index (χ0v) is 14.0. The van der Waals surface area contributed by atoms with Gasteiger partial charge in [0.2, 0.25) is 5.82 Å². The minimum absolute atomic E-state index is 0.0622. The molecule has 0 saturated heterocycles. The van der Waals surface area contributed by atoms with Gasteiger partial charge in [-0.25, -0.2) is 19.7 Å². The van der Waals surface area contributed by atoms with Crippen LogP contribution < -0.4 is 5.73 Å². The van der Waals surface area contributed by atoms with Crippen LogP contribution in [0.4, 0.5) is 5.82 Å². The Labute approximate surface area is 147 Å². The third-order valence-corrected chi connectivity index (χ3v) is 3.86. The molecule has 0 aliphatic heterocycles. The highest BCUT2D eigenvalue weighted by Crippen LogP contribution is 2.26. The van der Waals surface area contributed by atoms with Crippen LogP contribution in [0.25, 0.3) is 22.7 Å². The summed E-state index contributed by atoms with van der Waals surface area (Å²) in [7, 11) is 1.26. The number of hydrogen-bond acceptors (Lipinski definition) is 8. The summed E-state index contributed by atoms with van der Waals surface area (Å²) in [5.74, 6) is -0.429. The molecule has 2 N–H and O–H groups in total. The molecule has 0 saturated carbocycles. The molecule has 10 heteroatoms. The molecular formula is C16H14N8O2. The average Bonchev–Trinajstić information content (AvgIpc) is 3.31. The van der Waals surface area contributed by atoms with Gasteiger partial charge in [-0.1, -0.05) is 0 Å². The zero-order chi connectivity index (χ0) is 18.3. The molecule has 0 atom stereocenters. The van der Waals surface area contributed by atoms with Gasteiger partial charge in [0.15, 0.2) is 11.5 Å². The monoisotopic (exact) mass is 350 g/mol. The van der Waals surface area contributed by atoms with Gasteiger partial charge < -0.3 is 14.9 Å². The standard InChI is InChI=1S/C16H14N8O2/c1-9-7-18-11-4-3-10(8-23(9)11)12-15(24-19-5-6-20-24)22-14(17)13(21-12)16(25)26-2/h3-8H,1-2H3,(H2,17,22). The number of nitrogens with two attached hydrogens (primary N) is 1. The zero-order valence-electron chi connectivity index (χ0n) is 14.0. The van der Waals surface area contributed by atoms with Gasteiger partial charge in [-0.05, 0) is 19.1 Å². The minimum Gasteiger partial charge on any atom is -0.464 e. The fraction of sp³-hybridized carbons (Fsp3) is 0.125. The van der Waals surface area contributed by atoms with E-state index in [1.54, 1.807) is 6.20 Å². The Bertz CT molecular complexity index is 1120. The molecule has 4 aromatic heterocycles. The minimum atomic E-state index is -0.670. The summed E-state index contributed by atoms with van der Waals surface area (Å²) >= 11 is 0. The van der Waals surface area contributed by atoms with Crippen LogP contribution in [0.15, 0.2) is 36.9 Å².